The summed E-state index contributed by atoms with van der Waals surface area (Å²) in [6.07, 6.45) is 0.0163. The number of carbonyl (C=O) groups is 1. The predicted octanol–water partition coefficient (Wildman–Crippen LogP) is 5.90. The molecule has 3 rings (SSSR count). The van der Waals surface area contributed by atoms with Crippen molar-refractivity contribution in [2.75, 3.05) is 13.7 Å². The van der Waals surface area contributed by atoms with Gasteiger partial charge in [-0.15, -0.1) is 0 Å². The number of methoxy groups -OCH3 is 1. The number of aryl methyl sites for hydroxylation is 1. The second-order valence-corrected chi connectivity index (χ2v) is 7.75. The summed E-state index contributed by atoms with van der Waals surface area (Å²) in [6, 6.07) is 13.7. The molecule has 0 radical (unpaired) electrons. The first-order chi connectivity index (χ1) is 15.8. The van der Waals surface area contributed by atoms with Crippen LogP contribution in [0.1, 0.15) is 25.0 Å². The van der Waals surface area contributed by atoms with Crippen molar-refractivity contribution in [1.29, 1.82) is 0 Å². The summed E-state index contributed by atoms with van der Waals surface area (Å²) in [5, 5.41) is 0. The largest absolute Gasteiger partial charge is 0.497 e. The summed E-state index contributed by atoms with van der Waals surface area (Å²) in [6.45, 7) is 2.90. The maximum Gasteiger partial charge on any atom is 0.344 e. The summed E-state index contributed by atoms with van der Waals surface area (Å²) in [5.41, 5.74) is 2.00. The number of hydrogen-bond acceptors (Lipinski definition) is 4. The lowest BCUT2D eigenvalue weighted by Gasteiger charge is -2.13. The molecule has 0 aliphatic heterocycles. The van der Waals surface area contributed by atoms with Crippen molar-refractivity contribution in [1.82, 2.24) is 0 Å². The number of ether oxygens (including phenoxy) is 3. The van der Waals surface area contributed by atoms with Gasteiger partial charge in [0.1, 0.15) is 17.4 Å². The van der Waals surface area contributed by atoms with E-state index in [4.69, 9.17) is 14.2 Å². The maximum absolute atomic E-state index is 14.9. The first kappa shape index (κ1) is 24.2. The number of rotatable bonds is 9. The Kier molecular flexibility index (Phi) is 7.98. The van der Waals surface area contributed by atoms with Crippen LogP contribution in [-0.2, 0) is 22.4 Å². The van der Waals surface area contributed by atoms with E-state index in [-0.39, 0.29) is 29.7 Å². The third kappa shape index (κ3) is 6.51. The maximum atomic E-state index is 14.9. The molecule has 0 heterocycles. The molecule has 0 unspecified atom stereocenters. The highest BCUT2D eigenvalue weighted by Gasteiger charge is 2.17. The Morgan fingerprint density at radius 3 is 2.42 bits per heavy atom. The smallest absolute Gasteiger partial charge is 0.344 e. The van der Waals surface area contributed by atoms with Crippen LogP contribution in [-0.4, -0.2) is 25.8 Å². The molecule has 0 amide bonds. The molecule has 4 nitrogen and oxygen atoms in total. The molecule has 3 aromatic rings. The summed E-state index contributed by atoms with van der Waals surface area (Å²) < 4.78 is 58.4. The molecule has 0 aromatic heterocycles. The number of esters is 1. The third-order valence-corrected chi connectivity index (χ3v) is 4.89. The monoisotopic (exact) mass is 458 g/mol. The van der Waals surface area contributed by atoms with Crippen molar-refractivity contribution < 1.29 is 32.2 Å². The zero-order valence-electron chi connectivity index (χ0n) is 18.7. The van der Waals surface area contributed by atoms with E-state index in [9.17, 15) is 18.0 Å². The minimum absolute atomic E-state index is 0.0427. The van der Waals surface area contributed by atoms with Crippen molar-refractivity contribution in [2.45, 2.75) is 32.8 Å². The molecule has 0 saturated heterocycles. The van der Waals surface area contributed by atoms with E-state index in [0.29, 0.717) is 17.7 Å². The van der Waals surface area contributed by atoms with Crippen LogP contribution >= 0.6 is 0 Å². The molecule has 0 fully saturated rings. The molecule has 174 valence electrons. The number of carbonyl (C=O) groups excluding carboxylic acids is 1. The minimum atomic E-state index is -0.861. The van der Waals surface area contributed by atoms with Gasteiger partial charge in [-0.05, 0) is 79.8 Å². The quantitative estimate of drug-likeness (QED) is 0.375. The molecule has 0 bridgehead atoms. The summed E-state index contributed by atoms with van der Waals surface area (Å²) in [7, 11) is 1.51. The van der Waals surface area contributed by atoms with Crippen LogP contribution in [0, 0.1) is 17.5 Å². The van der Waals surface area contributed by atoms with E-state index < -0.39 is 24.2 Å². The van der Waals surface area contributed by atoms with Crippen LogP contribution in [0.4, 0.5) is 13.2 Å². The van der Waals surface area contributed by atoms with Crippen molar-refractivity contribution in [3.63, 3.8) is 0 Å². The van der Waals surface area contributed by atoms with Gasteiger partial charge in [-0.2, -0.15) is 0 Å². The molecule has 0 saturated carbocycles. The van der Waals surface area contributed by atoms with E-state index in [1.165, 1.54) is 19.2 Å². The van der Waals surface area contributed by atoms with Crippen LogP contribution < -0.4 is 9.47 Å². The molecule has 0 spiro atoms. The SMILES string of the molecule is COc1cc(CCc2c(F)ccc(OCC(=O)OC(C)C)c2F)cc(-c2cccc(F)c2)c1. The van der Waals surface area contributed by atoms with Crippen LogP contribution in [0.3, 0.4) is 0 Å². The fourth-order valence-electron chi connectivity index (χ4n) is 3.38. The highest BCUT2D eigenvalue weighted by atomic mass is 19.1. The highest BCUT2D eigenvalue weighted by Crippen LogP contribution is 2.29. The molecule has 0 aliphatic rings. The van der Waals surface area contributed by atoms with E-state index >= 15 is 0 Å². The number of halogens is 3. The fraction of sp³-hybridized carbons (Fsp3) is 0.269. The topological polar surface area (TPSA) is 44.8 Å². The summed E-state index contributed by atoms with van der Waals surface area (Å²) >= 11 is 0. The molecular formula is C26H25F3O4. The lowest BCUT2D eigenvalue weighted by atomic mass is 9.98. The zero-order chi connectivity index (χ0) is 24.0. The van der Waals surface area contributed by atoms with Gasteiger partial charge in [0.25, 0.3) is 0 Å². The summed E-state index contributed by atoms with van der Waals surface area (Å²) in [4.78, 5) is 11.7. The Labute approximate surface area is 190 Å². The Bertz CT molecular complexity index is 1130. The Morgan fingerprint density at radius 2 is 1.73 bits per heavy atom. The van der Waals surface area contributed by atoms with Crippen LogP contribution in [0.5, 0.6) is 11.5 Å². The van der Waals surface area contributed by atoms with Gasteiger partial charge in [-0.25, -0.2) is 18.0 Å². The second-order valence-electron chi connectivity index (χ2n) is 7.75. The van der Waals surface area contributed by atoms with Crippen molar-refractivity contribution in [3.8, 4) is 22.6 Å². The molecular weight excluding hydrogens is 433 g/mol. The van der Waals surface area contributed by atoms with Gasteiger partial charge in [-0.1, -0.05) is 18.2 Å². The van der Waals surface area contributed by atoms with Crippen molar-refractivity contribution in [3.05, 3.63) is 83.2 Å². The third-order valence-electron chi connectivity index (χ3n) is 4.89. The Balaban J connectivity index is 1.79. The van der Waals surface area contributed by atoms with Crippen LogP contribution in [0.2, 0.25) is 0 Å². The lowest BCUT2D eigenvalue weighted by Crippen LogP contribution is -2.19. The van der Waals surface area contributed by atoms with Gasteiger partial charge in [0.15, 0.2) is 18.2 Å². The number of benzene rings is 3. The molecule has 0 N–H and O–H groups in total. The van der Waals surface area contributed by atoms with Gasteiger partial charge in [0, 0.05) is 5.56 Å². The standard InChI is InChI=1S/C26H25F3O4/c1-16(2)33-25(30)15-32-24-10-9-23(28)22(26(24)29)8-7-17-11-19(14-21(12-17)31-3)18-5-4-6-20(27)13-18/h4-6,9-14,16H,7-8,15H2,1-3H3. The van der Waals surface area contributed by atoms with Gasteiger partial charge in [-0.3, -0.25) is 0 Å². The van der Waals surface area contributed by atoms with Gasteiger partial charge in [0.05, 0.1) is 13.2 Å². The summed E-state index contributed by atoms with van der Waals surface area (Å²) in [5.74, 6) is -2.25. The van der Waals surface area contributed by atoms with Gasteiger partial charge < -0.3 is 14.2 Å². The molecule has 3 aromatic carbocycles. The van der Waals surface area contributed by atoms with Gasteiger partial charge in [0.2, 0.25) is 0 Å². The van der Waals surface area contributed by atoms with Crippen LogP contribution in [0.25, 0.3) is 11.1 Å². The second kappa shape index (κ2) is 10.9. The van der Waals surface area contributed by atoms with E-state index in [1.807, 2.05) is 6.07 Å². The first-order valence-corrected chi connectivity index (χ1v) is 10.5. The van der Waals surface area contributed by atoms with E-state index in [1.54, 1.807) is 38.1 Å². The molecule has 0 aliphatic carbocycles. The lowest BCUT2D eigenvalue weighted by molar-refractivity contribution is -0.149. The Morgan fingerprint density at radius 1 is 0.939 bits per heavy atom. The van der Waals surface area contributed by atoms with Crippen molar-refractivity contribution in [2.24, 2.45) is 0 Å². The average Bonchev–Trinajstić information content (AvgIpc) is 2.77. The highest BCUT2D eigenvalue weighted by molar-refractivity contribution is 5.71. The zero-order valence-corrected chi connectivity index (χ0v) is 18.7. The predicted molar refractivity (Wildman–Crippen MR) is 119 cm³/mol. The first-order valence-electron chi connectivity index (χ1n) is 10.5. The minimum Gasteiger partial charge on any atom is -0.497 e. The molecule has 7 heteroatoms. The van der Waals surface area contributed by atoms with E-state index in [2.05, 4.69) is 0 Å². The normalized spacial score (nSPS) is 10.9. The molecule has 33 heavy (non-hydrogen) atoms. The van der Waals surface area contributed by atoms with Crippen LogP contribution in [0.15, 0.2) is 54.6 Å². The van der Waals surface area contributed by atoms with Crippen molar-refractivity contribution >= 4 is 5.97 Å². The molecule has 0 atom stereocenters. The number of hydrogen-bond donors (Lipinski definition) is 0. The fourth-order valence-corrected chi connectivity index (χ4v) is 3.38. The van der Waals surface area contributed by atoms with E-state index in [0.717, 1.165) is 23.3 Å². The Hall–Kier alpha value is -3.48. The van der Waals surface area contributed by atoms with Gasteiger partial charge >= 0.3 is 5.97 Å². The average molecular weight is 458 g/mol.